The third-order valence-electron chi connectivity index (χ3n) is 5.65. The van der Waals surface area contributed by atoms with E-state index in [2.05, 4.69) is 31.0 Å². The Hall–Kier alpha value is -3.24. The summed E-state index contributed by atoms with van der Waals surface area (Å²) in [6.07, 6.45) is 1.06. The molecule has 0 fully saturated rings. The zero-order valence-corrected chi connectivity index (χ0v) is 21.4. The highest BCUT2D eigenvalue weighted by Crippen LogP contribution is 2.36. The SMILES string of the molecule is CC(C)(c1cc(Br)cc(NC(=O)c2cc3ccc(NS(C)(=O)=O)cc3[nH]2)c1)c1ccc(F)cc1F. The Balaban J connectivity index is 1.62. The molecule has 1 heterocycles. The van der Waals surface area contributed by atoms with Crippen LogP contribution < -0.4 is 10.0 Å². The number of benzene rings is 3. The van der Waals surface area contributed by atoms with Crippen molar-refractivity contribution in [2.24, 2.45) is 0 Å². The lowest BCUT2D eigenvalue weighted by Crippen LogP contribution is -2.21. The maximum atomic E-state index is 14.5. The largest absolute Gasteiger partial charge is 0.350 e. The molecule has 1 amide bonds. The second-order valence-electron chi connectivity index (χ2n) is 8.79. The molecule has 4 rings (SSSR count). The number of carbonyl (C=O) groups is 1. The molecular formula is C25H22BrF2N3O3S. The monoisotopic (exact) mass is 561 g/mol. The van der Waals surface area contributed by atoms with E-state index in [1.807, 2.05) is 19.9 Å². The number of aromatic amines is 1. The fourth-order valence-electron chi connectivity index (χ4n) is 3.90. The molecule has 0 aliphatic heterocycles. The van der Waals surface area contributed by atoms with Crippen molar-refractivity contribution >= 4 is 54.1 Å². The molecular weight excluding hydrogens is 540 g/mol. The van der Waals surface area contributed by atoms with Gasteiger partial charge in [0.2, 0.25) is 10.0 Å². The number of rotatable bonds is 6. The van der Waals surface area contributed by atoms with E-state index in [4.69, 9.17) is 0 Å². The van der Waals surface area contributed by atoms with E-state index >= 15 is 0 Å². The summed E-state index contributed by atoms with van der Waals surface area (Å²) in [4.78, 5) is 16.0. The van der Waals surface area contributed by atoms with E-state index in [-0.39, 0.29) is 5.69 Å². The number of amides is 1. The quantitative estimate of drug-likeness (QED) is 0.263. The van der Waals surface area contributed by atoms with Crippen LogP contribution in [0.3, 0.4) is 0 Å². The van der Waals surface area contributed by atoms with Gasteiger partial charge in [-0.2, -0.15) is 0 Å². The molecule has 3 aromatic carbocycles. The molecule has 0 spiro atoms. The van der Waals surface area contributed by atoms with Crippen molar-refractivity contribution in [2.75, 3.05) is 16.3 Å². The van der Waals surface area contributed by atoms with Crippen LogP contribution in [0.2, 0.25) is 0 Å². The molecule has 0 unspecified atom stereocenters. The average Bonchev–Trinajstić information content (AvgIpc) is 3.15. The highest BCUT2D eigenvalue weighted by molar-refractivity contribution is 9.10. The van der Waals surface area contributed by atoms with Gasteiger partial charge in [0.05, 0.1) is 11.9 Å². The molecule has 4 aromatic rings. The fourth-order valence-corrected chi connectivity index (χ4v) is 4.95. The Bertz CT molecular complexity index is 1570. The lowest BCUT2D eigenvalue weighted by Gasteiger charge is -2.27. The van der Waals surface area contributed by atoms with Crippen LogP contribution in [0.4, 0.5) is 20.2 Å². The molecule has 0 atom stereocenters. The van der Waals surface area contributed by atoms with Gasteiger partial charge in [-0.3, -0.25) is 9.52 Å². The van der Waals surface area contributed by atoms with Crippen molar-refractivity contribution in [3.8, 4) is 0 Å². The molecule has 35 heavy (non-hydrogen) atoms. The van der Waals surface area contributed by atoms with Crippen molar-refractivity contribution in [1.82, 2.24) is 4.98 Å². The molecule has 0 saturated heterocycles. The third-order valence-corrected chi connectivity index (χ3v) is 6.72. The van der Waals surface area contributed by atoms with E-state index in [1.165, 1.54) is 12.1 Å². The first-order valence-electron chi connectivity index (χ1n) is 10.5. The van der Waals surface area contributed by atoms with Gasteiger partial charge in [0.25, 0.3) is 5.91 Å². The number of fused-ring (bicyclic) bond motifs is 1. The van der Waals surface area contributed by atoms with Crippen LogP contribution in [0.5, 0.6) is 0 Å². The van der Waals surface area contributed by atoms with Gasteiger partial charge in [-0.15, -0.1) is 0 Å². The molecule has 0 aliphatic carbocycles. The van der Waals surface area contributed by atoms with Crippen LogP contribution >= 0.6 is 15.9 Å². The highest BCUT2D eigenvalue weighted by atomic mass is 79.9. The maximum Gasteiger partial charge on any atom is 0.272 e. The van der Waals surface area contributed by atoms with E-state index in [0.717, 1.165) is 17.7 Å². The lowest BCUT2D eigenvalue weighted by molar-refractivity contribution is 0.102. The molecule has 10 heteroatoms. The number of H-pyrrole nitrogens is 1. The minimum Gasteiger partial charge on any atom is -0.350 e. The van der Waals surface area contributed by atoms with Crippen molar-refractivity contribution in [1.29, 1.82) is 0 Å². The van der Waals surface area contributed by atoms with Crippen LogP contribution in [0.15, 0.2) is 65.1 Å². The van der Waals surface area contributed by atoms with Gasteiger partial charge in [-0.25, -0.2) is 17.2 Å². The number of nitrogens with one attached hydrogen (secondary N) is 3. The predicted octanol–water partition coefficient (Wildman–Crippen LogP) is 6.16. The Morgan fingerprint density at radius 1 is 0.971 bits per heavy atom. The molecule has 6 nitrogen and oxygen atoms in total. The summed E-state index contributed by atoms with van der Waals surface area (Å²) in [5.41, 5.74) is 1.94. The van der Waals surface area contributed by atoms with E-state index in [0.29, 0.717) is 32.5 Å². The van der Waals surface area contributed by atoms with Gasteiger partial charge in [0.15, 0.2) is 0 Å². The molecule has 3 N–H and O–H groups in total. The van der Waals surface area contributed by atoms with Crippen molar-refractivity contribution in [3.05, 3.63) is 93.6 Å². The number of aromatic nitrogens is 1. The number of sulfonamides is 1. The second kappa shape index (κ2) is 9.09. The predicted molar refractivity (Wildman–Crippen MR) is 137 cm³/mol. The Kier molecular flexibility index (Phi) is 6.46. The molecule has 182 valence electrons. The highest BCUT2D eigenvalue weighted by Gasteiger charge is 2.27. The lowest BCUT2D eigenvalue weighted by atomic mass is 9.77. The minimum absolute atomic E-state index is 0.280. The minimum atomic E-state index is -3.43. The van der Waals surface area contributed by atoms with Crippen LogP contribution in [-0.2, 0) is 15.4 Å². The summed E-state index contributed by atoms with van der Waals surface area (Å²) in [7, 11) is -3.43. The van der Waals surface area contributed by atoms with Gasteiger partial charge < -0.3 is 10.3 Å². The first-order chi connectivity index (χ1) is 16.3. The molecule has 0 radical (unpaired) electrons. The van der Waals surface area contributed by atoms with Gasteiger partial charge in [0.1, 0.15) is 17.3 Å². The normalized spacial score (nSPS) is 12.1. The summed E-state index contributed by atoms with van der Waals surface area (Å²) in [5.74, 6) is -1.71. The van der Waals surface area contributed by atoms with Crippen LogP contribution in [-0.4, -0.2) is 25.6 Å². The Morgan fingerprint density at radius 3 is 2.40 bits per heavy atom. The summed E-state index contributed by atoms with van der Waals surface area (Å²) in [6.45, 7) is 3.63. The fraction of sp³-hybridized carbons (Fsp3) is 0.160. The smallest absolute Gasteiger partial charge is 0.272 e. The molecule has 0 saturated carbocycles. The average molecular weight is 562 g/mol. The summed E-state index contributed by atoms with van der Waals surface area (Å²) < 4.78 is 54.0. The third kappa shape index (κ3) is 5.54. The van der Waals surface area contributed by atoms with Crippen molar-refractivity contribution in [2.45, 2.75) is 19.3 Å². The number of anilines is 2. The maximum absolute atomic E-state index is 14.5. The summed E-state index contributed by atoms with van der Waals surface area (Å²) >= 11 is 3.45. The summed E-state index contributed by atoms with van der Waals surface area (Å²) in [5, 5.41) is 3.57. The van der Waals surface area contributed by atoms with Gasteiger partial charge in [0, 0.05) is 32.5 Å². The van der Waals surface area contributed by atoms with Crippen LogP contribution in [0.25, 0.3) is 10.9 Å². The topological polar surface area (TPSA) is 91.1 Å². The molecule has 0 bridgehead atoms. The van der Waals surface area contributed by atoms with Crippen molar-refractivity contribution < 1.29 is 22.0 Å². The van der Waals surface area contributed by atoms with Gasteiger partial charge >= 0.3 is 0 Å². The molecule has 1 aromatic heterocycles. The standard InChI is InChI=1S/C25H22BrF2N3O3S/c1-25(2,20-7-5-17(27)12-21(20)28)15-9-16(26)11-19(10-15)29-24(32)23-8-14-4-6-18(13-22(14)30-23)31-35(3,33)34/h4-13,30-31H,1-3H3,(H,29,32). The summed E-state index contributed by atoms with van der Waals surface area (Å²) in [6, 6.07) is 15.3. The van der Waals surface area contributed by atoms with E-state index in [9.17, 15) is 22.0 Å². The number of carbonyl (C=O) groups excluding carboxylic acids is 1. The van der Waals surface area contributed by atoms with Gasteiger partial charge in [-0.1, -0.05) is 41.9 Å². The first-order valence-corrected chi connectivity index (χ1v) is 13.2. The number of halogens is 3. The molecule has 0 aliphatic rings. The zero-order valence-electron chi connectivity index (χ0n) is 19.0. The second-order valence-corrected chi connectivity index (χ2v) is 11.5. The van der Waals surface area contributed by atoms with Crippen LogP contribution in [0, 0.1) is 11.6 Å². The zero-order chi connectivity index (χ0) is 25.5. The first kappa shape index (κ1) is 24.9. The Labute approximate surface area is 209 Å². The number of hydrogen-bond donors (Lipinski definition) is 3. The number of hydrogen-bond acceptors (Lipinski definition) is 3. The Morgan fingerprint density at radius 2 is 1.71 bits per heavy atom. The van der Waals surface area contributed by atoms with Crippen LogP contribution in [0.1, 0.15) is 35.5 Å². The van der Waals surface area contributed by atoms with Crippen molar-refractivity contribution in [3.63, 3.8) is 0 Å². The van der Waals surface area contributed by atoms with Gasteiger partial charge in [-0.05, 0) is 53.6 Å². The van der Waals surface area contributed by atoms with E-state index in [1.54, 1.807) is 36.4 Å². The van der Waals surface area contributed by atoms with E-state index < -0.39 is 33.0 Å².